The summed E-state index contributed by atoms with van der Waals surface area (Å²) in [6, 6.07) is 6.38. The summed E-state index contributed by atoms with van der Waals surface area (Å²) in [5.41, 5.74) is 6.91. The van der Waals surface area contributed by atoms with Crippen LogP contribution in [0.1, 0.15) is 51.4 Å². The van der Waals surface area contributed by atoms with E-state index in [1.807, 2.05) is 18.2 Å². The van der Waals surface area contributed by atoms with E-state index in [4.69, 9.17) is 17.3 Å². The fourth-order valence-electron chi connectivity index (χ4n) is 3.23. The van der Waals surface area contributed by atoms with Gasteiger partial charge in [-0.1, -0.05) is 11.6 Å². The first-order valence-corrected chi connectivity index (χ1v) is 7.90. The van der Waals surface area contributed by atoms with Crippen LogP contribution in [0.25, 0.3) is 11.0 Å². The van der Waals surface area contributed by atoms with Crippen LogP contribution in [0.4, 0.5) is 0 Å². The van der Waals surface area contributed by atoms with Gasteiger partial charge in [-0.2, -0.15) is 0 Å². The Balaban J connectivity index is 2.14. The molecule has 0 atom stereocenters. The second-order valence-corrected chi connectivity index (χ2v) is 7.00. The number of hydrogen-bond donors (Lipinski definition) is 2. The van der Waals surface area contributed by atoms with Gasteiger partial charge in [0.2, 0.25) is 0 Å². The zero-order chi connectivity index (χ0) is 15.2. The van der Waals surface area contributed by atoms with Crippen molar-refractivity contribution in [2.75, 3.05) is 0 Å². The Morgan fingerprint density at radius 1 is 1.29 bits per heavy atom. The Morgan fingerprint density at radius 2 is 1.95 bits per heavy atom. The van der Waals surface area contributed by atoms with Crippen molar-refractivity contribution in [2.45, 2.75) is 57.2 Å². The number of halogens is 1. The first-order valence-electron chi connectivity index (χ1n) is 7.52. The molecule has 3 N–H and O–H groups in total. The van der Waals surface area contributed by atoms with Crippen molar-refractivity contribution in [2.24, 2.45) is 5.73 Å². The SMILES string of the molecule is CC(C)(O)c1nc2cc(Cl)ccc2n1[C@H]1CC[C@@H](N)CC1. The van der Waals surface area contributed by atoms with Gasteiger partial charge in [0.05, 0.1) is 11.0 Å². The number of nitrogens with two attached hydrogens (primary N) is 1. The Kier molecular flexibility index (Phi) is 3.72. The fraction of sp³-hybridized carbons (Fsp3) is 0.562. The molecule has 1 aromatic heterocycles. The van der Waals surface area contributed by atoms with E-state index in [0.29, 0.717) is 22.9 Å². The quantitative estimate of drug-likeness (QED) is 0.894. The Morgan fingerprint density at radius 3 is 2.57 bits per heavy atom. The average Bonchev–Trinajstić information content (AvgIpc) is 2.78. The molecular formula is C16H22ClN3O. The molecule has 0 aliphatic heterocycles. The van der Waals surface area contributed by atoms with Crippen molar-refractivity contribution < 1.29 is 5.11 Å². The minimum absolute atomic E-state index is 0.302. The molecule has 1 heterocycles. The molecule has 0 bridgehead atoms. The van der Waals surface area contributed by atoms with E-state index in [2.05, 4.69) is 9.55 Å². The third-order valence-corrected chi connectivity index (χ3v) is 4.54. The molecule has 0 amide bonds. The van der Waals surface area contributed by atoms with Gasteiger partial charge in [-0.15, -0.1) is 0 Å². The second-order valence-electron chi connectivity index (χ2n) is 6.57. The molecule has 1 aromatic carbocycles. The molecule has 4 nitrogen and oxygen atoms in total. The van der Waals surface area contributed by atoms with Crippen LogP contribution in [0.5, 0.6) is 0 Å². The molecule has 1 fully saturated rings. The third kappa shape index (κ3) is 2.80. The van der Waals surface area contributed by atoms with E-state index in [1.165, 1.54) is 0 Å². The Bertz CT molecular complexity index is 651. The molecule has 21 heavy (non-hydrogen) atoms. The van der Waals surface area contributed by atoms with E-state index in [1.54, 1.807) is 13.8 Å². The van der Waals surface area contributed by atoms with E-state index >= 15 is 0 Å². The number of fused-ring (bicyclic) bond motifs is 1. The number of aromatic nitrogens is 2. The summed E-state index contributed by atoms with van der Waals surface area (Å²) in [4.78, 5) is 4.64. The normalized spacial score (nSPS) is 23.7. The molecule has 1 aliphatic carbocycles. The van der Waals surface area contributed by atoms with Crippen molar-refractivity contribution in [1.29, 1.82) is 0 Å². The Hall–Kier alpha value is -1.10. The maximum Gasteiger partial charge on any atom is 0.141 e. The van der Waals surface area contributed by atoms with Gasteiger partial charge in [-0.05, 0) is 57.7 Å². The van der Waals surface area contributed by atoms with Crippen LogP contribution in [-0.2, 0) is 5.60 Å². The van der Waals surface area contributed by atoms with Crippen LogP contribution >= 0.6 is 11.6 Å². The summed E-state index contributed by atoms with van der Waals surface area (Å²) in [7, 11) is 0. The lowest BCUT2D eigenvalue weighted by Gasteiger charge is -2.31. The van der Waals surface area contributed by atoms with Gasteiger partial charge in [0.15, 0.2) is 0 Å². The molecule has 114 valence electrons. The third-order valence-electron chi connectivity index (χ3n) is 4.31. The van der Waals surface area contributed by atoms with Gasteiger partial charge in [-0.25, -0.2) is 4.98 Å². The summed E-state index contributed by atoms with van der Waals surface area (Å²) in [5.74, 6) is 0.709. The second kappa shape index (κ2) is 5.27. The van der Waals surface area contributed by atoms with Crippen molar-refractivity contribution in [3.63, 3.8) is 0 Å². The fourth-order valence-corrected chi connectivity index (χ4v) is 3.40. The monoisotopic (exact) mass is 307 g/mol. The first kappa shape index (κ1) is 14.8. The zero-order valence-electron chi connectivity index (χ0n) is 12.5. The summed E-state index contributed by atoms with van der Waals surface area (Å²) in [5, 5.41) is 11.1. The molecular weight excluding hydrogens is 286 g/mol. The maximum atomic E-state index is 10.5. The van der Waals surface area contributed by atoms with Crippen LogP contribution in [0.2, 0.25) is 5.02 Å². The minimum Gasteiger partial charge on any atom is -0.383 e. The highest BCUT2D eigenvalue weighted by atomic mass is 35.5. The molecule has 2 aromatic rings. The topological polar surface area (TPSA) is 64.1 Å². The molecule has 0 unspecified atom stereocenters. The average molecular weight is 308 g/mol. The van der Waals surface area contributed by atoms with Crippen LogP contribution in [0.3, 0.4) is 0 Å². The lowest BCUT2D eigenvalue weighted by Crippen LogP contribution is -2.30. The van der Waals surface area contributed by atoms with Crippen LogP contribution < -0.4 is 5.73 Å². The van der Waals surface area contributed by atoms with Crippen molar-refractivity contribution >= 4 is 22.6 Å². The first-order chi connectivity index (χ1) is 9.86. The number of rotatable bonds is 2. The predicted molar refractivity (Wildman–Crippen MR) is 85.5 cm³/mol. The van der Waals surface area contributed by atoms with Gasteiger partial charge >= 0.3 is 0 Å². The standard InChI is InChI=1S/C16H22ClN3O/c1-16(2,21)15-19-13-9-10(17)3-8-14(13)20(15)12-6-4-11(18)5-7-12/h3,8-9,11-12,21H,4-7,18H2,1-2H3/t11-,12+. The smallest absolute Gasteiger partial charge is 0.141 e. The number of aliphatic hydroxyl groups is 1. The molecule has 5 heteroatoms. The van der Waals surface area contributed by atoms with E-state index in [0.717, 1.165) is 36.7 Å². The van der Waals surface area contributed by atoms with Crippen molar-refractivity contribution in [1.82, 2.24) is 9.55 Å². The van der Waals surface area contributed by atoms with Crippen LogP contribution in [-0.4, -0.2) is 20.7 Å². The summed E-state index contributed by atoms with van der Waals surface area (Å²) in [6.45, 7) is 3.56. The number of nitrogens with zero attached hydrogens (tertiary/aromatic N) is 2. The highest BCUT2D eigenvalue weighted by molar-refractivity contribution is 6.31. The van der Waals surface area contributed by atoms with Crippen molar-refractivity contribution in [3.05, 3.63) is 29.0 Å². The van der Waals surface area contributed by atoms with Crippen LogP contribution in [0, 0.1) is 0 Å². The maximum absolute atomic E-state index is 10.5. The van der Waals surface area contributed by atoms with Gasteiger partial charge in [-0.3, -0.25) is 0 Å². The van der Waals surface area contributed by atoms with Crippen LogP contribution in [0.15, 0.2) is 18.2 Å². The molecule has 1 saturated carbocycles. The molecule has 0 radical (unpaired) electrons. The van der Waals surface area contributed by atoms with E-state index < -0.39 is 5.60 Å². The predicted octanol–water partition coefficient (Wildman–Crippen LogP) is 3.36. The highest BCUT2D eigenvalue weighted by Crippen LogP contribution is 2.35. The lowest BCUT2D eigenvalue weighted by atomic mass is 9.91. The lowest BCUT2D eigenvalue weighted by molar-refractivity contribution is 0.0622. The molecule has 0 saturated heterocycles. The minimum atomic E-state index is -0.981. The van der Waals surface area contributed by atoms with Gasteiger partial charge < -0.3 is 15.4 Å². The van der Waals surface area contributed by atoms with Gasteiger partial charge in [0.1, 0.15) is 11.4 Å². The van der Waals surface area contributed by atoms with Gasteiger partial charge in [0.25, 0.3) is 0 Å². The summed E-state index contributed by atoms with van der Waals surface area (Å²) in [6.07, 6.45) is 4.09. The zero-order valence-corrected chi connectivity index (χ0v) is 13.3. The molecule has 0 spiro atoms. The Labute approximate surface area is 129 Å². The van der Waals surface area contributed by atoms with E-state index in [9.17, 15) is 5.11 Å². The summed E-state index contributed by atoms with van der Waals surface area (Å²) >= 11 is 6.07. The molecule has 1 aliphatic rings. The van der Waals surface area contributed by atoms with Crippen molar-refractivity contribution in [3.8, 4) is 0 Å². The largest absolute Gasteiger partial charge is 0.383 e. The summed E-state index contributed by atoms with van der Waals surface area (Å²) < 4.78 is 2.19. The number of imidazole rings is 1. The van der Waals surface area contributed by atoms with E-state index in [-0.39, 0.29) is 0 Å². The van der Waals surface area contributed by atoms with Gasteiger partial charge in [0, 0.05) is 17.1 Å². The number of hydrogen-bond acceptors (Lipinski definition) is 3. The number of benzene rings is 1. The highest BCUT2D eigenvalue weighted by Gasteiger charge is 2.30. The molecule has 3 rings (SSSR count).